The first-order valence-electron chi connectivity index (χ1n) is 4.39. The highest BCUT2D eigenvalue weighted by molar-refractivity contribution is 5.98. The lowest BCUT2D eigenvalue weighted by Crippen LogP contribution is -1.99. The van der Waals surface area contributed by atoms with Gasteiger partial charge in [0.05, 0.1) is 5.56 Å². The summed E-state index contributed by atoms with van der Waals surface area (Å²) >= 11 is 0. The summed E-state index contributed by atoms with van der Waals surface area (Å²) in [6.45, 7) is 0. The van der Waals surface area contributed by atoms with Crippen LogP contribution in [0.2, 0.25) is 0 Å². The Morgan fingerprint density at radius 2 is 1.69 bits per heavy atom. The van der Waals surface area contributed by atoms with E-state index in [4.69, 9.17) is 5.11 Å². The number of rotatable bonds is 1. The average molecular weight is 219 g/mol. The Labute approximate surface area is 89.8 Å². The van der Waals surface area contributed by atoms with Gasteiger partial charge in [0.2, 0.25) is 0 Å². The molecule has 0 radical (unpaired) electrons. The van der Waals surface area contributed by atoms with Crippen molar-refractivity contribution < 1.29 is 25.2 Å². The van der Waals surface area contributed by atoms with E-state index in [1.165, 1.54) is 6.07 Å². The molecule has 3 N–H and O–H groups in total. The molecule has 0 saturated heterocycles. The molecular formula is C11H7O5-. The molecule has 0 aromatic heterocycles. The molecule has 0 heterocycles. The average Bonchev–Trinajstić information content (AvgIpc) is 2.20. The number of hydrogen-bond donors (Lipinski definition) is 3. The summed E-state index contributed by atoms with van der Waals surface area (Å²) in [4.78, 5) is 10.7. The molecule has 2 aromatic carbocycles. The quantitative estimate of drug-likeness (QED) is 0.621. The molecule has 5 nitrogen and oxygen atoms in total. The van der Waals surface area contributed by atoms with Crippen molar-refractivity contribution in [1.29, 1.82) is 0 Å². The SMILES string of the molecule is O=C(O)c1cc([O-])c2cc(O)c(O)cc2c1. The summed E-state index contributed by atoms with van der Waals surface area (Å²) in [6.07, 6.45) is 0. The molecule has 0 saturated carbocycles. The third-order valence-electron chi connectivity index (χ3n) is 2.26. The maximum Gasteiger partial charge on any atom is 0.335 e. The van der Waals surface area contributed by atoms with Crippen LogP contribution in [-0.2, 0) is 0 Å². The highest BCUT2D eigenvalue weighted by atomic mass is 16.4. The number of aromatic hydroxyl groups is 2. The van der Waals surface area contributed by atoms with Crippen LogP contribution in [0.5, 0.6) is 17.2 Å². The number of carbonyl (C=O) groups is 1. The van der Waals surface area contributed by atoms with Crippen molar-refractivity contribution >= 4 is 16.7 Å². The van der Waals surface area contributed by atoms with Gasteiger partial charge in [0.1, 0.15) is 0 Å². The van der Waals surface area contributed by atoms with Crippen molar-refractivity contribution in [3.63, 3.8) is 0 Å². The minimum Gasteiger partial charge on any atom is -0.872 e. The molecule has 0 spiro atoms. The number of carboxylic acids is 1. The Hall–Kier alpha value is -2.43. The van der Waals surface area contributed by atoms with Crippen LogP contribution in [0.15, 0.2) is 24.3 Å². The van der Waals surface area contributed by atoms with Gasteiger partial charge in [-0.05, 0) is 29.0 Å². The van der Waals surface area contributed by atoms with E-state index in [9.17, 15) is 20.1 Å². The highest BCUT2D eigenvalue weighted by Gasteiger charge is 2.07. The molecule has 0 aliphatic carbocycles. The normalized spacial score (nSPS) is 10.5. The topological polar surface area (TPSA) is 101 Å². The van der Waals surface area contributed by atoms with Gasteiger partial charge in [-0.3, -0.25) is 0 Å². The third kappa shape index (κ3) is 1.48. The summed E-state index contributed by atoms with van der Waals surface area (Å²) in [7, 11) is 0. The maximum atomic E-state index is 11.5. The molecule has 2 rings (SSSR count). The fourth-order valence-electron chi connectivity index (χ4n) is 1.48. The minimum atomic E-state index is -1.22. The van der Waals surface area contributed by atoms with E-state index in [0.717, 1.165) is 18.2 Å². The monoisotopic (exact) mass is 219 g/mol. The fraction of sp³-hybridized carbons (Fsp3) is 0. The molecule has 0 fully saturated rings. The molecular weight excluding hydrogens is 212 g/mol. The Kier molecular flexibility index (Phi) is 2.09. The van der Waals surface area contributed by atoms with Crippen LogP contribution >= 0.6 is 0 Å². The van der Waals surface area contributed by atoms with Gasteiger partial charge in [0.15, 0.2) is 11.5 Å². The Bertz CT molecular complexity index is 588. The van der Waals surface area contributed by atoms with Crippen molar-refractivity contribution in [3.8, 4) is 17.2 Å². The van der Waals surface area contributed by atoms with Crippen molar-refractivity contribution in [2.75, 3.05) is 0 Å². The number of benzene rings is 2. The molecule has 0 unspecified atom stereocenters. The number of phenolic OH excluding ortho intramolecular Hbond substituents is 2. The molecule has 0 aliphatic rings. The highest BCUT2D eigenvalue weighted by Crippen LogP contribution is 2.34. The predicted molar refractivity (Wildman–Crippen MR) is 53.7 cm³/mol. The second-order valence-corrected chi connectivity index (χ2v) is 3.34. The molecule has 0 aliphatic heterocycles. The number of fused-ring (bicyclic) bond motifs is 1. The van der Waals surface area contributed by atoms with Gasteiger partial charge in [-0.2, -0.15) is 0 Å². The van der Waals surface area contributed by atoms with Crippen LogP contribution in [0.3, 0.4) is 0 Å². The van der Waals surface area contributed by atoms with Crippen molar-refractivity contribution in [3.05, 3.63) is 29.8 Å². The maximum absolute atomic E-state index is 11.5. The number of hydrogen-bond acceptors (Lipinski definition) is 4. The zero-order chi connectivity index (χ0) is 11.9. The lowest BCUT2D eigenvalue weighted by molar-refractivity contribution is -0.265. The van der Waals surface area contributed by atoms with E-state index < -0.39 is 23.2 Å². The summed E-state index contributed by atoms with van der Waals surface area (Å²) in [6, 6.07) is 4.50. The largest absolute Gasteiger partial charge is 0.872 e. The van der Waals surface area contributed by atoms with E-state index in [0.29, 0.717) is 0 Å². The summed E-state index contributed by atoms with van der Waals surface area (Å²) in [5, 5.41) is 39.2. The van der Waals surface area contributed by atoms with E-state index in [2.05, 4.69) is 0 Å². The molecule has 0 bridgehead atoms. The van der Waals surface area contributed by atoms with Crippen LogP contribution in [0.4, 0.5) is 0 Å². The molecule has 16 heavy (non-hydrogen) atoms. The lowest BCUT2D eigenvalue weighted by atomic mass is 10.0. The van der Waals surface area contributed by atoms with Crippen LogP contribution < -0.4 is 5.11 Å². The van der Waals surface area contributed by atoms with Crippen LogP contribution in [0.1, 0.15) is 10.4 Å². The first kappa shape index (κ1) is 10.1. The Morgan fingerprint density at radius 3 is 2.31 bits per heavy atom. The summed E-state index contributed by atoms with van der Waals surface area (Å²) < 4.78 is 0. The second-order valence-electron chi connectivity index (χ2n) is 3.34. The zero-order valence-corrected chi connectivity index (χ0v) is 7.97. The van der Waals surface area contributed by atoms with E-state index >= 15 is 0 Å². The molecule has 82 valence electrons. The summed E-state index contributed by atoms with van der Waals surface area (Å²) in [5.41, 5.74) is -0.150. The van der Waals surface area contributed by atoms with Crippen molar-refractivity contribution in [2.24, 2.45) is 0 Å². The van der Waals surface area contributed by atoms with Gasteiger partial charge in [-0.25, -0.2) is 4.79 Å². The van der Waals surface area contributed by atoms with Gasteiger partial charge in [-0.15, -0.1) is 5.75 Å². The first-order chi connectivity index (χ1) is 7.49. The van der Waals surface area contributed by atoms with Gasteiger partial charge in [0.25, 0.3) is 0 Å². The van der Waals surface area contributed by atoms with E-state index in [-0.39, 0.29) is 16.3 Å². The molecule has 5 heteroatoms. The lowest BCUT2D eigenvalue weighted by Gasteiger charge is -2.12. The molecule has 0 amide bonds. The Balaban J connectivity index is 2.82. The number of aromatic carboxylic acids is 1. The fourth-order valence-corrected chi connectivity index (χ4v) is 1.48. The van der Waals surface area contributed by atoms with Crippen LogP contribution in [0.25, 0.3) is 10.8 Å². The minimum absolute atomic E-state index is 0.150. The van der Waals surface area contributed by atoms with E-state index in [1.807, 2.05) is 0 Å². The van der Waals surface area contributed by atoms with Gasteiger partial charge in [0, 0.05) is 0 Å². The Morgan fingerprint density at radius 1 is 1.06 bits per heavy atom. The molecule has 2 aromatic rings. The van der Waals surface area contributed by atoms with Gasteiger partial charge in [-0.1, -0.05) is 6.07 Å². The number of phenols is 2. The van der Waals surface area contributed by atoms with Crippen molar-refractivity contribution in [2.45, 2.75) is 0 Å². The van der Waals surface area contributed by atoms with Crippen LogP contribution in [0, 0.1) is 0 Å². The molecule has 0 atom stereocenters. The van der Waals surface area contributed by atoms with Gasteiger partial charge < -0.3 is 20.4 Å². The van der Waals surface area contributed by atoms with Crippen LogP contribution in [-0.4, -0.2) is 21.3 Å². The summed E-state index contributed by atoms with van der Waals surface area (Å²) in [5.74, 6) is -2.53. The van der Waals surface area contributed by atoms with Crippen molar-refractivity contribution in [1.82, 2.24) is 0 Å². The van der Waals surface area contributed by atoms with Gasteiger partial charge >= 0.3 is 5.97 Å². The second kappa shape index (κ2) is 3.30. The first-order valence-corrected chi connectivity index (χ1v) is 4.39. The third-order valence-corrected chi connectivity index (χ3v) is 2.26. The predicted octanol–water partition coefficient (Wildman–Crippen LogP) is 1.02. The standard InChI is InChI=1S/C11H8O5/c12-8-3-6(11(15)16)1-5-2-9(13)10(14)4-7(5)8/h1-4,12-14H,(H,15,16)/p-1. The smallest absolute Gasteiger partial charge is 0.335 e. The van der Waals surface area contributed by atoms with E-state index in [1.54, 1.807) is 0 Å². The number of carboxylic acid groups (broad SMARTS) is 1. The zero-order valence-electron chi connectivity index (χ0n) is 7.97.